The van der Waals surface area contributed by atoms with E-state index in [1.165, 1.54) is 10.5 Å². The second kappa shape index (κ2) is 15.7. The number of fused-ring (bicyclic) bond motifs is 3. The van der Waals surface area contributed by atoms with Gasteiger partial charge in [0.1, 0.15) is 12.1 Å². The second-order valence-electron chi connectivity index (χ2n) is 13.6. The zero-order valence-electron chi connectivity index (χ0n) is 27.7. The summed E-state index contributed by atoms with van der Waals surface area (Å²) in [5.74, 6) is -6.06. The van der Waals surface area contributed by atoms with Gasteiger partial charge in [0.15, 0.2) is 0 Å². The van der Waals surface area contributed by atoms with Crippen molar-refractivity contribution in [1.29, 1.82) is 0 Å². The molecule has 0 saturated carbocycles. The van der Waals surface area contributed by atoms with E-state index in [4.69, 9.17) is 9.47 Å². The van der Waals surface area contributed by atoms with Crippen molar-refractivity contribution in [3.8, 4) is 0 Å². The Morgan fingerprint density at radius 1 is 1.04 bits per heavy atom. The van der Waals surface area contributed by atoms with Gasteiger partial charge in [0.05, 0.1) is 12.2 Å². The number of piperidine rings is 1. The van der Waals surface area contributed by atoms with Crippen LogP contribution in [0.15, 0.2) is 48.6 Å². The molecule has 2 bridgehead atoms. The largest absolute Gasteiger partial charge is 0.456 e. The quantitative estimate of drug-likeness (QED) is 0.260. The number of aliphatic hydroxyl groups is 2. The summed E-state index contributed by atoms with van der Waals surface area (Å²) in [6, 6.07) is 7.38. The number of aryl methyl sites for hydroxylation is 1. The van der Waals surface area contributed by atoms with Crippen LogP contribution < -0.4 is 0 Å². The minimum absolute atomic E-state index is 0.00327. The minimum atomic E-state index is -2.74. The van der Waals surface area contributed by atoms with E-state index in [0.717, 1.165) is 18.4 Å². The molecule has 248 valence electrons. The van der Waals surface area contributed by atoms with Gasteiger partial charge in [0.2, 0.25) is 5.78 Å². The fraction of sp³-hybridized carbons (Fsp3) is 0.649. The van der Waals surface area contributed by atoms with Gasteiger partial charge in [-0.3, -0.25) is 9.59 Å². The molecule has 0 aliphatic carbocycles. The molecule has 3 aliphatic rings. The number of amides is 1. The number of Topliss-reactive ketones (excluding diaryl/α,β-unsaturated/α-hetero) is 1. The van der Waals surface area contributed by atoms with Gasteiger partial charge in [-0.2, -0.15) is 0 Å². The Kier molecular flexibility index (Phi) is 12.2. The lowest BCUT2D eigenvalue weighted by molar-refractivity contribution is -0.237. The lowest BCUT2D eigenvalue weighted by Gasteiger charge is -2.40. The molecule has 3 aliphatic heterocycles. The summed E-state index contributed by atoms with van der Waals surface area (Å²) in [6.07, 6.45) is 11.3. The molecule has 3 heterocycles. The van der Waals surface area contributed by atoms with Crippen LogP contribution in [0.4, 0.5) is 0 Å². The number of cyclic esters (lactones) is 1. The van der Waals surface area contributed by atoms with Crippen LogP contribution in [0.3, 0.4) is 0 Å². The van der Waals surface area contributed by atoms with E-state index >= 15 is 0 Å². The van der Waals surface area contributed by atoms with Crippen LogP contribution >= 0.6 is 0 Å². The van der Waals surface area contributed by atoms with Crippen molar-refractivity contribution >= 4 is 17.7 Å². The monoisotopic (exact) mass is 623 g/mol. The maximum Gasteiger partial charge on any atom is 0.329 e. The van der Waals surface area contributed by atoms with Crippen LogP contribution in [0.5, 0.6) is 0 Å². The third-order valence-corrected chi connectivity index (χ3v) is 10.1. The van der Waals surface area contributed by atoms with E-state index < -0.39 is 59.6 Å². The first kappa shape index (κ1) is 35.1. The topological polar surface area (TPSA) is 113 Å². The molecule has 1 aromatic carbocycles. The Morgan fingerprint density at radius 2 is 1.82 bits per heavy atom. The highest BCUT2D eigenvalue weighted by atomic mass is 16.6. The molecular weight excluding hydrogens is 570 g/mol. The van der Waals surface area contributed by atoms with E-state index in [0.29, 0.717) is 44.9 Å². The van der Waals surface area contributed by atoms with Gasteiger partial charge in [-0.25, -0.2) is 4.79 Å². The summed E-state index contributed by atoms with van der Waals surface area (Å²) in [6.45, 7) is 9.84. The lowest BCUT2D eigenvalue weighted by Crippen LogP contribution is -2.62. The fourth-order valence-electron chi connectivity index (χ4n) is 7.07. The maximum atomic E-state index is 14.2. The first-order valence-corrected chi connectivity index (χ1v) is 17.0. The van der Waals surface area contributed by atoms with Crippen molar-refractivity contribution in [3.63, 3.8) is 0 Å². The number of ketones is 1. The molecule has 1 aromatic rings. The summed E-state index contributed by atoms with van der Waals surface area (Å²) >= 11 is 0. The van der Waals surface area contributed by atoms with Gasteiger partial charge in [-0.15, -0.1) is 0 Å². The highest BCUT2D eigenvalue weighted by Crippen LogP contribution is 2.35. The highest BCUT2D eigenvalue weighted by Gasteiger charge is 2.55. The van der Waals surface area contributed by atoms with Crippen molar-refractivity contribution in [2.24, 2.45) is 23.7 Å². The van der Waals surface area contributed by atoms with Gasteiger partial charge < -0.3 is 24.6 Å². The number of rotatable bonds is 4. The zero-order valence-corrected chi connectivity index (χ0v) is 27.7. The maximum absolute atomic E-state index is 14.2. The van der Waals surface area contributed by atoms with E-state index in [-0.39, 0.29) is 18.4 Å². The van der Waals surface area contributed by atoms with Gasteiger partial charge in [-0.1, -0.05) is 75.8 Å². The van der Waals surface area contributed by atoms with E-state index in [1.54, 1.807) is 6.92 Å². The number of esters is 1. The fourth-order valence-corrected chi connectivity index (χ4v) is 7.07. The van der Waals surface area contributed by atoms with Gasteiger partial charge in [0.25, 0.3) is 5.91 Å². The Balaban J connectivity index is 1.71. The standard InChI is InChI=1S/C37H53NO7/c1-6-29(23-28-16-13-14-24(2)22-28)32-18-10-8-7-9-15-25(3)33(39)27(5)31-20-19-26(4)34(40)37(43,45-31)36(42)38-21-12-11-17-30(38)35(41)44-32/h7,9-10,13-14,16,18,22,25-27,29-33,39,43H,6,8,11-12,15,17,19-21,23H2,1-5H3/b9-7+,18-10+/t25-,26-,27+,29-,30?,31+,32+,33+,37?/m1/s1. The van der Waals surface area contributed by atoms with E-state index in [2.05, 4.69) is 38.1 Å². The smallest absolute Gasteiger partial charge is 0.329 e. The predicted octanol–water partition coefficient (Wildman–Crippen LogP) is 5.47. The van der Waals surface area contributed by atoms with Crippen LogP contribution in [0.2, 0.25) is 0 Å². The average Bonchev–Trinajstić information content (AvgIpc) is 3.15. The number of benzene rings is 1. The number of carbonyl (C=O) groups excluding carboxylic acids is 3. The van der Waals surface area contributed by atoms with Crippen molar-refractivity contribution in [2.75, 3.05) is 6.54 Å². The zero-order chi connectivity index (χ0) is 32.7. The third-order valence-electron chi connectivity index (χ3n) is 10.1. The SMILES string of the molecule is CC[C@H](Cc1cccc(C)c1)[C@@H]1/C=C/C/C=C/C[C@@H](C)[C@H](O)[C@@H](C)[C@@H]2CC[C@@H](C)C(=O)C(O)(O2)C(=O)N2CCCCC2C(=O)O1. The molecule has 2 fully saturated rings. The molecule has 0 radical (unpaired) electrons. The number of hydrogen-bond donors (Lipinski definition) is 2. The first-order valence-electron chi connectivity index (χ1n) is 17.0. The van der Waals surface area contributed by atoms with Gasteiger partial charge in [-0.05, 0) is 82.3 Å². The first-order chi connectivity index (χ1) is 21.5. The average molecular weight is 624 g/mol. The molecule has 2 unspecified atom stereocenters. The summed E-state index contributed by atoms with van der Waals surface area (Å²) in [7, 11) is 0. The van der Waals surface area contributed by atoms with Gasteiger partial charge >= 0.3 is 11.8 Å². The molecule has 0 spiro atoms. The number of ether oxygens (including phenoxy) is 2. The van der Waals surface area contributed by atoms with Gasteiger partial charge in [0, 0.05) is 24.3 Å². The Bertz CT molecular complexity index is 1240. The molecule has 4 rings (SSSR count). The van der Waals surface area contributed by atoms with Crippen LogP contribution in [-0.4, -0.2) is 69.5 Å². The molecule has 1 amide bonds. The van der Waals surface area contributed by atoms with Crippen LogP contribution in [-0.2, 0) is 30.3 Å². The summed E-state index contributed by atoms with van der Waals surface area (Å²) in [4.78, 5) is 43.0. The van der Waals surface area contributed by atoms with Crippen molar-refractivity contribution in [3.05, 3.63) is 59.7 Å². The van der Waals surface area contributed by atoms with Crippen LogP contribution in [0, 0.1) is 30.6 Å². The number of carbonyl (C=O) groups is 3. The predicted molar refractivity (Wildman–Crippen MR) is 173 cm³/mol. The molecule has 0 aromatic heterocycles. The number of hydrogen-bond acceptors (Lipinski definition) is 7. The summed E-state index contributed by atoms with van der Waals surface area (Å²) in [5, 5.41) is 23.1. The number of nitrogens with zero attached hydrogens (tertiary/aromatic N) is 1. The van der Waals surface area contributed by atoms with E-state index in [9.17, 15) is 24.6 Å². The van der Waals surface area contributed by atoms with E-state index in [1.807, 2.05) is 38.1 Å². The third kappa shape index (κ3) is 8.32. The van der Waals surface area contributed by atoms with Crippen LogP contribution in [0.1, 0.15) is 90.2 Å². The number of allylic oxidation sites excluding steroid dienone is 3. The van der Waals surface area contributed by atoms with Crippen molar-refractivity contribution in [2.45, 2.75) is 123 Å². The van der Waals surface area contributed by atoms with Crippen molar-refractivity contribution < 1.29 is 34.1 Å². The molecule has 9 atom stereocenters. The summed E-state index contributed by atoms with van der Waals surface area (Å²) < 4.78 is 12.3. The molecule has 8 heteroatoms. The minimum Gasteiger partial charge on any atom is -0.456 e. The summed E-state index contributed by atoms with van der Waals surface area (Å²) in [5.41, 5.74) is 2.33. The molecular formula is C37H53NO7. The molecule has 45 heavy (non-hydrogen) atoms. The highest BCUT2D eigenvalue weighted by molar-refractivity contribution is 6.09. The second-order valence-corrected chi connectivity index (χ2v) is 13.6. The van der Waals surface area contributed by atoms with Crippen molar-refractivity contribution in [1.82, 2.24) is 4.90 Å². The lowest BCUT2D eigenvalue weighted by atomic mass is 9.85. The normalized spacial score (nSPS) is 36.1. The molecule has 8 nitrogen and oxygen atoms in total. The Morgan fingerprint density at radius 3 is 2.56 bits per heavy atom. The molecule has 2 N–H and O–H groups in total. The van der Waals surface area contributed by atoms with Crippen LogP contribution in [0.25, 0.3) is 0 Å². The Labute approximate surface area is 268 Å². The number of aliphatic hydroxyl groups excluding tert-OH is 1. The molecule has 2 saturated heterocycles. The Hall–Kier alpha value is -2.81.